The first-order valence-corrected chi connectivity index (χ1v) is 5.75. The summed E-state index contributed by atoms with van der Waals surface area (Å²) in [6.07, 6.45) is 1.77. The van der Waals surface area contributed by atoms with Gasteiger partial charge in [0.15, 0.2) is 12.4 Å². The Labute approximate surface area is 100.0 Å². The van der Waals surface area contributed by atoms with Crippen molar-refractivity contribution < 1.29 is 14.3 Å². The Morgan fingerprint density at radius 2 is 2.06 bits per heavy atom. The maximum atomic E-state index is 11.7. The Kier molecular flexibility index (Phi) is 3.88. The monoisotopic (exact) mass is 233 g/mol. The van der Waals surface area contributed by atoms with Gasteiger partial charge in [-0.25, -0.2) is 0 Å². The number of esters is 1. The highest BCUT2D eigenvalue weighted by Gasteiger charge is 2.23. The van der Waals surface area contributed by atoms with Gasteiger partial charge in [-0.3, -0.25) is 9.59 Å². The van der Waals surface area contributed by atoms with Crippen molar-refractivity contribution >= 4 is 11.8 Å². The normalized spacial score (nSPS) is 18.9. The summed E-state index contributed by atoms with van der Waals surface area (Å²) in [5.74, 6) is -0.497. The van der Waals surface area contributed by atoms with Gasteiger partial charge in [0, 0.05) is 5.56 Å². The molecular formula is C13H15NO3. The molecule has 0 spiro atoms. The molecule has 1 fully saturated rings. The van der Waals surface area contributed by atoms with Gasteiger partial charge in [-0.05, 0) is 19.4 Å². The quantitative estimate of drug-likeness (QED) is 0.626. The standard InChI is InChI=1S/C13H15NO3/c15-12(10-5-2-1-3-6-10)9-17-13(16)11-7-4-8-14-11/h1-3,5-6,11,14H,4,7-9H2/t11-/m1/s1. The number of nitrogens with one attached hydrogen (secondary N) is 1. The average molecular weight is 233 g/mol. The molecule has 0 saturated carbocycles. The molecule has 0 radical (unpaired) electrons. The molecule has 0 amide bonds. The summed E-state index contributed by atoms with van der Waals surface area (Å²) in [5, 5.41) is 3.03. The summed E-state index contributed by atoms with van der Waals surface area (Å²) in [4.78, 5) is 23.2. The number of ketones is 1. The van der Waals surface area contributed by atoms with Crippen LogP contribution in [0.4, 0.5) is 0 Å². The van der Waals surface area contributed by atoms with Gasteiger partial charge in [0.2, 0.25) is 0 Å². The molecule has 1 N–H and O–H groups in total. The SMILES string of the molecule is O=C(COC(=O)[C@H]1CCCN1)c1ccccc1. The second kappa shape index (κ2) is 5.59. The zero-order chi connectivity index (χ0) is 12.1. The topological polar surface area (TPSA) is 55.4 Å². The molecule has 90 valence electrons. The molecule has 1 aromatic carbocycles. The molecule has 4 heteroatoms. The van der Waals surface area contributed by atoms with Crippen molar-refractivity contribution in [2.45, 2.75) is 18.9 Å². The lowest BCUT2D eigenvalue weighted by molar-refractivity contribution is -0.144. The third-order valence-electron chi connectivity index (χ3n) is 2.79. The van der Waals surface area contributed by atoms with E-state index in [-0.39, 0.29) is 24.4 Å². The summed E-state index contributed by atoms with van der Waals surface area (Å²) in [6.45, 7) is 0.660. The van der Waals surface area contributed by atoms with E-state index in [9.17, 15) is 9.59 Å². The molecule has 0 bridgehead atoms. The molecule has 0 unspecified atom stereocenters. The number of benzene rings is 1. The Balaban J connectivity index is 1.82. The molecular weight excluding hydrogens is 218 g/mol. The second-order valence-corrected chi connectivity index (χ2v) is 4.05. The van der Waals surface area contributed by atoms with Crippen molar-refractivity contribution in [3.8, 4) is 0 Å². The predicted molar refractivity (Wildman–Crippen MR) is 62.8 cm³/mol. The number of Topliss-reactive ketones (excluding diaryl/α,β-unsaturated/α-hetero) is 1. The van der Waals surface area contributed by atoms with Crippen LogP contribution in [0.3, 0.4) is 0 Å². The van der Waals surface area contributed by atoms with E-state index in [0.717, 1.165) is 19.4 Å². The number of carbonyl (C=O) groups is 2. The molecule has 1 heterocycles. The molecule has 2 rings (SSSR count). The molecule has 4 nitrogen and oxygen atoms in total. The van der Waals surface area contributed by atoms with Crippen LogP contribution in [0.25, 0.3) is 0 Å². The fraction of sp³-hybridized carbons (Fsp3) is 0.385. The van der Waals surface area contributed by atoms with E-state index in [1.54, 1.807) is 24.3 Å². The Hall–Kier alpha value is -1.68. The van der Waals surface area contributed by atoms with E-state index in [2.05, 4.69) is 5.32 Å². The summed E-state index contributed by atoms with van der Waals surface area (Å²) in [6, 6.07) is 8.60. The summed E-state index contributed by atoms with van der Waals surface area (Å²) in [7, 11) is 0. The summed E-state index contributed by atoms with van der Waals surface area (Å²) < 4.78 is 4.99. The fourth-order valence-corrected chi connectivity index (χ4v) is 1.83. The van der Waals surface area contributed by atoms with Crippen molar-refractivity contribution in [2.24, 2.45) is 0 Å². The number of hydrogen-bond acceptors (Lipinski definition) is 4. The minimum atomic E-state index is -0.327. The van der Waals surface area contributed by atoms with Crippen molar-refractivity contribution in [3.63, 3.8) is 0 Å². The third kappa shape index (κ3) is 3.14. The average Bonchev–Trinajstić information content (AvgIpc) is 2.90. The summed E-state index contributed by atoms with van der Waals surface area (Å²) in [5.41, 5.74) is 0.569. The van der Waals surface area contributed by atoms with Crippen LogP contribution in [-0.4, -0.2) is 30.9 Å². The molecule has 1 aliphatic heterocycles. The van der Waals surface area contributed by atoms with Gasteiger partial charge in [-0.15, -0.1) is 0 Å². The Morgan fingerprint density at radius 1 is 1.29 bits per heavy atom. The van der Waals surface area contributed by atoms with Gasteiger partial charge in [0.1, 0.15) is 6.04 Å². The Bertz CT molecular complexity index is 396. The molecule has 1 saturated heterocycles. The maximum absolute atomic E-state index is 11.7. The smallest absolute Gasteiger partial charge is 0.323 e. The van der Waals surface area contributed by atoms with E-state index in [1.165, 1.54) is 0 Å². The zero-order valence-electron chi connectivity index (χ0n) is 9.52. The van der Waals surface area contributed by atoms with Crippen molar-refractivity contribution in [1.82, 2.24) is 5.32 Å². The molecule has 0 aliphatic carbocycles. The van der Waals surface area contributed by atoms with Crippen LogP contribution in [0, 0.1) is 0 Å². The van der Waals surface area contributed by atoms with Crippen LogP contribution in [0.5, 0.6) is 0 Å². The second-order valence-electron chi connectivity index (χ2n) is 4.05. The van der Waals surface area contributed by atoms with Crippen molar-refractivity contribution in [2.75, 3.05) is 13.2 Å². The predicted octanol–water partition coefficient (Wildman–Crippen LogP) is 1.16. The third-order valence-corrected chi connectivity index (χ3v) is 2.79. The Morgan fingerprint density at radius 3 is 2.71 bits per heavy atom. The lowest BCUT2D eigenvalue weighted by atomic mass is 10.1. The molecule has 1 aliphatic rings. The zero-order valence-corrected chi connectivity index (χ0v) is 9.52. The lowest BCUT2D eigenvalue weighted by Crippen LogP contribution is -2.33. The maximum Gasteiger partial charge on any atom is 0.323 e. The van der Waals surface area contributed by atoms with Gasteiger partial charge in [0.05, 0.1) is 0 Å². The molecule has 0 aromatic heterocycles. The van der Waals surface area contributed by atoms with Crippen molar-refractivity contribution in [1.29, 1.82) is 0 Å². The number of carbonyl (C=O) groups excluding carboxylic acids is 2. The first-order chi connectivity index (χ1) is 8.27. The lowest BCUT2D eigenvalue weighted by Gasteiger charge is -2.09. The van der Waals surface area contributed by atoms with Crippen LogP contribution in [0.15, 0.2) is 30.3 Å². The van der Waals surface area contributed by atoms with E-state index >= 15 is 0 Å². The van der Waals surface area contributed by atoms with Crippen LogP contribution < -0.4 is 5.32 Å². The van der Waals surface area contributed by atoms with E-state index in [0.29, 0.717) is 5.56 Å². The van der Waals surface area contributed by atoms with E-state index < -0.39 is 0 Å². The number of rotatable bonds is 4. The van der Waals surface area contributed by atoms with Gasteiger partial charge in [0.25, 0.3) is 0 Å². The fourth-order valence-electron chi connectivity index (χ4n) is 1.83. The van der Waals surface area contributed by atoms with Gasteiger partial charge in [-0.1, -0.05) is 30.3 Å². The first-order valence-electron chi connectivity index (χ1n) is 5.75. The highest BCUT2D eigenvalue weighted by molar-refractivity contribution is 5.98. The van der Waals surface area contributed by atoms with Crippen molar-refractivity contribution in [3.05, 3.63) is 35.9 Å². The minimum Gasteiger partial charge on any atom is -0.456 e. The van der Waals surface area contributed by atoms with E-state index in [1.807, 2.05) is 6.07 Å². The van der Waals surface area contributed by atoms with Gasteiger partial charge in [-0.2, -0.15) is 0 Å². The highest BCUT2D eigenvalue weighted by Crippen LogP contribution is 2.07. The van der Waals surface area contributed by atoms with E-state index in [4.69, 9.17) is 4.74 Å². The van der Waals surface area contributed by atoms with Gasteiger partial charge < -0.3 is 10.1 Å². The first kappa shape index (κ1) is 11.8. The molecule has 1 aromatic rings. The molecule has 1 atom stereocenters. The molecule has 17 heavy (non-hydrogen) atoms. The minimum absolute atomic E-state index is 0.169. The number of ether oxygens (including phenoxy) is 1. The summed E-state index contributed by atoms with van der Waals surface area (Å²) >= 11 is 0. The van der Waals surface area contributed by atoms with Crippen LogP contribution >= 0.6 is 0 Å². The largest absolute Gasteiger partial charge is 0.456 e. The van der Waals surface area contributed by atoms with Crippen LogP contribution in [-0.2, 0) is 9.53 Å². The number of hydrogen-bond donors (Lipinski definition) is 1. The van der Waals surface area contributed by atoms with Crippen LogP contribution in [0.1, 0.15) is 23.2 Å². The van der Waals surface area contributed by atoms with Gasteiger partial charge >= 0.3 is 5.97 Å². The van der Waals surface area contributed by atoms with Crippen LogP contribution in [0.2, 0.25) is 0 Å². The highest BCUT2D eigenvalue weighted by atomic mass is 16.5.